The van der Waals surface area contributed by atoms with Crippen molar-refractivity contribution in [3.63, 3.8) is 0 Å². The molecule has 1 fully saturated rings. The van der Waals surface area contributed by atoms with E-state index in [0.717, 1.165) is 25.9 Å². The van der Waals surface area contributed by atoms with Crippen LogP contribution in [0.2, 0.25) is 0 Å². The maximum atomic E-state index is 10.7. The summed E-state index contributed by atoms with van der Waals surface area (Å²) in [5.41, 5.74) is 0. The average Bonchev–Trinajstić information content (AvgIpc) is 2.02. The predicted octanol–water partition coefficient (Wildman–Crippen LogP) is -0.465. The largest absolute Gasteiger partial charge is 0.317 e. The molecular weight excluding hydrogens is 176 g/mol. The van der Waals surface area contributed by atoms with Crippen LogP contribution < -0.4 is 10.0 Å². The summed E-state index contributed by atoms with van der Waals surface area (Å²) < 4.78 is 24.0. The summed E-state index contributed by atoms with van der Waals surface area (Å²) in [4.78, 5) is 0. The summed E-state index contributed by atoms with van der Waals surface area (Å²) in [5, 5.41) is 3.23. The van der Waals surface area contributed by atoms with Crippen molar-refractivity contribution in [1.29, 1.82) is 0 Å². The number of hydrogen-bond acceptors (Lipinski definition) is 3. The molecule has 0 saturated carbocycles. The van der Waals surface area contributed by atoms with E-state index < -0.39 is 10.0 Å². The lowest BCUT2D eigenvalue weighted by Gasteiger charge is -2.22. The molecule has 1 heterocycles. The van der Waals surface area contributed by atoms with Gasteiger partial charge in [-0.3, -0.25) is 0 Å². The van der Waals surface area contributed by atoms with Crippen LogP contribution in [0.1, 0.15) is 12.8 Å². The van der Waals surface area contributed by atoms with E-state index >= 15 is 0 Å². The van der Waals surface area contributed by atoms with Crippen molar-refractivity contribution < 1.29 is 8.42 Å². The molecule has 0 radical (unpaired) electrons. The smallest absolute Gasteiger partial charge is 0.208 e. The first kappa shape index (κ1) is 9.95. The van der Waals surface area contributed by atoms with Gasteiger partial charge >= 0.3 is 0 Å². The minimum atomic E-state index is -2.99. The molecule has 0 spiro atoms. The lowest BCUT2D eigenvalue weighted by atomic mass is 9.99. The molecule has 4 nitrogen and oxygen atoms in total. The molecule has 0 aromatic rings. The standard InChI is InChI=1S/C7H16N2O2S/c1-12(10,11)9-6-7-2-4-8-5-3-7/h7-9H,2-6H2,1H3. The maximum absolute atomic E-state index is 10.7. The van der Waals surface area contributed by atoms with Gasteiger partial charge in [-0.05, 0) is 31.8 Å². The Balaban J connectivity index is 2.22. The van der Waals surface area contributed by atoms with E-state index in [0.29, 0.717) is 12.5 Å². The van der Waals surface area contributed by atoms with E-state index in [1.165, 1.54) is 6.26 Å². The highest BCUT2D eigenvalue weighted by molar-refractivity contribution is 7.88. The monoisotopic (exact) mass is 192 g/mol. The molecule has 0 aromatic carbocycles. The van der Waals surface area contributed by atoms with E-state index in [1.807, 2.05) is 0 Å². The summed E-state index contributed by atoms with van der Waals surface area (Å²) in [6.07, 6.45) is 3.35. The molecule has 1 rings (SSSR count). The van der Waals surface area contributed by atoms with Gasteiger partial charge in [0.25, 0.3) is 0 Å². The Morgan fingerprint density at radius 2 is 2.00 bits per heavy atom. The van der Waals surface area contributed by atoms with Gasteiger partial charge in [0.05, 0.1) is 6.26 Å². The zero-order valence-corrected chi connectivity index (χ0v) is 8.15. The third-order valence-electron chi connectivity index (χ3n) is 2.09. The van der Waals surface area contributed by atoms with Crippen LogP contribution in [0.25, 0.3) is 0 Å². The van der Waals surface area contributed by atoms with Gasteiger partial charge in [0, 0.05) is 6.54 Å². The highest BCUT2D eigenvalue weighted by Crippen LogP contribution is 2.09. The molecule has 1 saturated heterocycles. The lowest BCUT2D eigenvalue weighted by molar-refractivity contribution is 0.373. The Morgan fingerprint density at radius 1 is 1.42 bits per heavy atom. The fraction of sp³-hybridized carbons (Fsp3) is 1.00. The summed E-state index contributed by atoms with van der Waals surface area (Å²) in [6.45, 7) is 2.62. The zero-order valence-electron chi connectivity index (χ0n) is 7.34. The van der Waals surface area contributed by atoms with E-state index in [1.54, 1.807) is 0 Å². The van der Waals surface area contributed by atoms with Crippen molar-refractivity contribution in [3.05, 3.63) is 0 Å². The van der Waals surface area contributed by atoms with Crippen LogP contribution in [-0.4, -0.2) is 34.3 Å². The molecule has 2 N–H and O–H groups in total. The molecule has 1 aliphatic rings. The van der Waals surface area contributed by atoms with Gasteiger partial charge in [-0.1, -0.05) is 0 Å². The Hall–Kier alpha value is -0.130. The van der Waals surface area contributed by atoms with Crippen molar-refractivity contribution in [2.75, 3.05) is 25.9 Å². The van der Waals surface area contributed by atoms with Gasteiger partial charge < -0.3 is 5.32 Å². The minimum Gasteiger partial charge on any atom is -0.317 e. The van der Waals surface area contributed by atoms with E-state index in [4.69, 9.17) is 0 Å². The van der Waals surface area contributed by atoms with E-state index in [2.05, 4.69) is 10.0 Å². The number of rotatable bonds is 3. The number of piperidine rings is 1. The van der Waals surface area contributed by atoms with Gasteiger partial charge in [0.15, 0.2) is 0 Å². The average molecular weight is 192 g/mol. The number of nitrogens with one attached hydrogen (secondary N) is 2. The Morgan fingerprint density at radius 3 is 2.50 bits per heavy atom. The molecule has 0 atom stereocenters. The van der Waals surface area contributed by atoms with Crippen LogP contribution >= 0.6 is 0 Å². The maximum Gasteiger partial charge on any atom is 0.208 e. The minimum absolute atomic E-state index is 0.515. The summed E-state index contributed by atoms with van der Waals surface area (Å²) in [7, 11) is -2.99. The van der Waals surface area contributed by atoms with Crippen LogP contribution in [0, 0.1) is 5.92 Å². The van der Waals surface area contributed by atoms with E-state index in [9.17, 15) is 8.42 Å². The molecule has 0 bridgehead atoms. The van der Waals surface area contributed by atoms with Crippen molar-refractivity contribution in [1.82, 2.24) is 10.0 Å². The second-order valence-corrected chi connectivity index (χ2v) is 5.15. The third kappa shape index (κ3) is 4.04. The Bertz CT molecular complexity index is 220. The van der Waals surface area contributed by atoms with Gasteiger partial charge in [-0.2, -0.15) is 0 Å². The highest BCUT2D eigenvalue weighted by atomic mass is 32.2. The summed E-state index contributed by atoms with van der Waals surface area (Å²) in [5.74, 6) is 0.515. The summed E-state index contributed by atoms with van der Waals surface area (Å²) in [6, 6.07) is 0. The Labute approximate surface area is 73.8 Å². The fourth-order valence-electron chi connectivity index (χ4n) is 1.36. The first-order valence-corrected chi connectivity index (χ1v) is 6.12. The number of hydrogen-bond donors (Lipinski definition) is 2. The molecule has 72 valence electrons. The third-order valence-corrected chi connectivity index (χ3v) is 2.78. The highest BCUT2D eigenvalue weighted by Gasteiger charge is 2.13. The Kier molecular flexibility index (Phi) is 3.49. The van der Waals surface area contributed by atoms with Gasteiger partial charge in [0.2, 0.25) is 10.0 Å². The van der Waals surface area contributed by atoms with Crippen molar-refractivity contribution in [2.24, 2.45) is 5.92 Å². The van der Waals surface area contributed by atoms with Crippen molar-refractivity contribution in [2.45, 2.75) is 12.8 Å². The van der Waals surface area contributed by atoms with Crippen molar-refractivity contribution in [3.8, 4) is 0 Å². The second kappa shape index (κ2) is 4.20. The molecule has 5 heteroatoms. The molecule has 0 unspecified atom stereocenters. The topological polar surface area (TPSA) is 58.2 Å². The first-order chi connectivity index (χ1) is 5.58. The fourth-order valence-corrected chi connectivity index (χ4v) is 1.89. The predicted molar refractivity (Wildman–Crippen MR) is 48.4 cm³/mol. The van der Waals surface area contributed by atoms with E-state index in [-0.39, 0.29) is 0 Å². The summed E-state index contributed by atoms with van der Waals surface area (Å²) >= 11 is 0. The molecule has 0 aromatic heterocycles. The quantitative estimate of drug-likeness (QED) is 0.636. The lowest BCUT2D eigenvalue weighted by Crippen LogP contribution is -2.35. The SMILES string of the molecule is CS(=O)(=O)NCC1CCNCC1. The van der Waals surface area contributed by atoms with Crippen LogP contribution in [0.4, 0.5) is 0 Å². The molecular formula is C7H16N2O2S. The molecule has 0 aliphatic carbocycles. The van der Waals surface area contributed by atoms with Crippen LogP contribution in [-0.2, 0) is 10.0 Å². The first-order valence-electron chi connectivity index (χ1n) is 4.23. The molecule has 12 heavy (non-hydrogen) atoms. The second-order valence-electron chi connectivity index (χ2n) is 3.31. The zero-order chi connectivity index (χ0) is 9.03. The molecule has 1 aliphatic heterocycles. The number of sulfonamides is 1. The molecule has 0 amide bonds. The van der Waals surface area contributed by atoms with Gasteiger partial charge in [0.1, 0.15) is 0 Å². The van der Waals surface area contributed by atoms with Crippen molar-refractivity contribution >= 4 is 10.0 Å². The van der Waals surface area contributed by atoms with Crippen LogP contribution in [0.5, 0.6) is 0 Å². The van der Waals surface area contributed by atoms with Gasteiger partial charge in [-0.25, -0.2) is 13.1 Å². The van der Waals surface area contributed by atoms with Gasteiger partial charge in [-0.15, -0.1) is 0 Å². The normalized spacial score (nSPS) is 21.1. The van der Waals surface area contributed by atoms with Crippen LogP contribution in [0.15, 0.2) is 0 Å². The van der Waals surface area contributed by atoms with Crippen LogP contribution in [0.3, 0.4) is 0 Å².